The van der Waals surface area contributed by atoms with Crippen molar-refractivity contribution in [3.05, 3.63) is 63.7 Å². The van der Waals surface area contributed by atoms with Gasteiger partial charge in [0, 0.05) is 17.2 Å². The molecule has 1 aromatic carbocycles. The lowest BCUT2D eigenvalue weighted by Gasteiger charge is -2.04. The zero-order chi connectivity index (χ0) is 17.2. The van der Waals surface area contributed by atoms with Crippen LogP contribution in [-0.4, -0.2) is 34.7 Å². The van der Waals surface area contributed by atoms with Crippen LogP contribution in [0.4, 0.5) is 5.69 Å². The number of nitro groups is 1. The third kappa shape index (κ3) is 3.97. The molecule has 0 aromatic heterocycles. The van der Waals surface area contributed by atoms with Gasteiger partial charge in [-0.05, 0) is 37.3 Å². The molecule has 2 N–H and O–H groups in total. The maximum absolute atomic E-state index is 12.0. The van der Waals surface area contributed by atoms with Crippen LogP contribution < -0.4 is 0 Å². The van der Waals surface area contributed by atoms with E-state index >= 15 is 0 Å². The Hall–Kier alpha value is -2.62. The van der Waals surface area contributed by atoms with Crippen molar-refractivity contribution in [2.24, 2.45) is 4.99 Å². The standard InChI is InChI=1S/C14H12N2O6S/c1-9-2-3-10(8-13(9)16(18)19)14(17)15-11-4-6-12(7-5-11)23(20,21)22/h2-8H,1H3,(H2,20,21,22). The first-order valence-corrected chi connectivity index (χ1v) is 7.76. The molecule has 9 heteroatoms. The van der Waals surface area contributed by atoms with Crippen LogP contribution >= 0.6 is 0 Å². The summed E-state index contributed by atoms with van der Waals surface area (Å²) in [5.41, 5.74) is 0.489. The summed E-state index contributed by atoms with van der Waals surface area (Å²) in [7, 11) is -4.07. The average Bonchev–Trinajstić information content (AvgIpc) is 2.47. The molecule has 0 saturated carbocycles. The minimum absolute atomic E-state index is 0.0551. The fraction of sp³-hybridized carbons (Fsp3) is 0.0714. The summed E-state index contributed by atoms with van der Waals surface area (Å²) in [6.45, 7) is 1.56. The highest BCUT2D eigenvalue weighted by molar-refractivity contribution is 7.92. The molecule has 1 aliphatic rings. The normalized spacial score (nSPS) is 14.0. The lowest BCUT2D eigenvalue weighted by atomic mass is 10.1. The summed E-state index contributed by atoms with van der Waals surface area (Å²) >= 11 is 0. The van der Waals surface area contributed by atoms with Crippen molar-refractivity contribution in [2.75, 3.05) is 0 Å². The first-order chi connectivity index (χ1) is 10.7. The molecule has 0 aliphatic heterocycles. The summed E-state index contributed by atoms with van der Waals surface area (Å²) in [6, 6.07) is 4.03. The van der Waals surface area contributed by atoms with Gasteiger partial charge in [-0.15, -0.1) is 0 Å². The summed E-state index contributed by atoms with van der Waals surface area (Å²) in [4.78, 5) is 25.9. The van der Waals surface area contributed by atoms with Crippen LogP contribution in [0.3, 0.4) is 0 Å². The number of carbonyl (C=O) groups excluding carboxylic acids is 1. The lowest BCUT2D eigenvalue weighted by molar-refractivity contribution is -0.385. The van der Waals surface area contributed by atoms with Crippen LogP contribution in [0.2, 0.25) is 0 Å². The predicted octanol–water partition coefficient (Wildman–Crippen LogP) is 2.01. The SMILES string of the molecule is Cc1ccc(C(=O)N=C2C=CC(=S(=O)(O)O)C=C2)cc1[N+](=O)[O-]. The van der Waals surface area contributed by atoms with Crippen molar-refractivity contribution in [3.8, 4) is 0 Å². The summed E-state index contributed by atoms with van der Waals surface area (Å²) in [5.74, 6) is -0.686. The van der Waals surface area contributed by atoms with Gasteiger partial charge in [0.2, 0.25) is 10.1 Å². The van der Waals surface area contributed by atoms with E-state index in [2.05, 4.69) is 4.99 Å². The molecule has 0 atom stereocenters. The molecular weight excluding hydrogens is 324 g/mol. The summed E-state index contributed by atoms with van der Waals surface area (Å²) in [6.07, 6.45) is 4.88. The van der Waals surface area contributed by atoms with Gasteiger partial charge in [-0.1, -0.05) is 6.07 Å². The van der Waals surface area contributed by atoms with Crippen molar-refractivity contribution in [2.45, 2.75) is 6.92 Å². The van der Waals surface area contributed by atoms with E-state index in [1.807, 2.05) is 0 Å². The van der Waals surface area contributed by atoms with Crippen molar-refractivity contribution in [3.63, 3.8) is 0 Å². The van der Waals surface area contributed by atoms with E-state index in [1.165, 1.54) is 24.3 Å². The van der Waals surface area contributed by atoms with Gasteiger partial charge >= 0.3 is 0 Å². The van der Waals surface area contributed by atoms with E-state index < -0.39 is 20.9 Å². The molecule has 1 aromatic rings. The number of allylic oxidation sites excluding steroid dienone is 4. The highest BCUT2D eigenvalue weighted by Gasteiger charge is 2.15. The molecule has 0 heterocycles. The number of hydrogen-bond donors (Lipinski definition) is 2. The molecule has 23 heavy (non-hydrogen) atoms. The molecule has 8 nitrogen and oxygen atoms in total. The molecular formula is C14H12N2O6S. The third-order valence-corrected chi connectivity index (χ3v) is 3.91. The van der Waals surface area contributed by atoms with Gasteiger partial charge in [0.05, 0.1) is 15.5 Å². The van der Waals surface area contributed by atoms with Crippen molar-refractivity contribution in [1.82, 2.24) is 0 Å². The zero-order valence-electron chi connectivity index (χ0n) is 11.9. The molecule has 1 aliphatic carbocycles. The second-order valence-corrected chi connectivity index (χ2v) is 6.13. The minimum Gasteiger partial charge on any atom is -0.293 e. The molecule has 0 saturated heterocycles. The molecule has 0 spiro atoms. The topological polar surface area (TPSA) is 130 Å². The molecule has 0 radical (unpaired) electrons. The largest absolute Gasteiger partial charge is 0.293 e. The number of nitrogens with zero attached hydrogens (tertiary/aromatic N) is 2. The maximum atomic E-state index is 12.0. The van der Waals surface area contributed by atoms with Gasteiger partial charge in [-0.3, -0.25) is 24.0 Å². The highest BCUT2D eigenvalue weighted by atomic mass is 32.2. The fourth-order valence-corrected chi connectivity index (χ4v) is 2.31. The van der Waals surface area contributed by atoms with Gasteiger partial charge in [-0.2, -0.15) is 0 Å². The average molecular weight is 336 g/mol. The fourth-order valence-electron chi connectivity index (χ4n) is 1.82. The first kappa shape index (κ1) is 16.7. The molecule has 1 amide bonds. The number of aliphatic imine (C=N–C) groups is 1. The molecule has 120 valence electrons. The number of benzene rings is 1. The van der Waals surface area contributed by atoms with E-state index in [-0.39, 0.29) is 21.8 Å². The van der Waals surface area contributed by atoms with E-state index in [1.54, 1.807) is 6.92 Å². The van der Waals surface area contributed by atoms with E-state index in [0.717, 1.165) is 18.2 Å². The smallest absolute Gasteiger partial charge is 0.277 e. The monoisotopic (exact) mass is 336 g/mol. The summed E-state index contributed by atoms with van der Waals surface area (Å²) < 4.78 is 29.0. The first-order valence-electron chi connectivity index (χ1n) is 6.29. The van der Waals surface area contributed by atoms with Crippen LogP contribution in [0.5, 0.6) is 0 Å². The zero-order valence-corrected chi connectivity index (χ0v) is 12.7. The van der Waals surface area contributed by atoms with Crippen molar-refractivity contribution in [1.29, 1.82) is 0 Å². The van der Waals surface area contributed by atoms with Crippen LogP contribution in [0, 0.1) is 17.0 Å². The number of hydrogen-bond acceptors (Lipinski definition) is 4. The van der Waals surface area contributed by atoms with Gasteiger partial charge < -0.3 is 0 Å². The Labute approximate surface area is 131 Å². The Morgan fingerprint density at radius 1 is 1.22 bits per heavy atom. The number of rotatable bonds is 2. The molecule has 0 fully saturated rings. The lowest BCUT2D eigenvalue weighted by Crippen LogP contribution is -2.12. The van der Waals surface area contributed by atoms with Crippen LogP contribution in [0.1, 0.15) is 15.9 Å². The number of carbonyl (C=O) groups is 1. The molecule has 2 rings (SSSR count). The number of aryl methyl sites for hydroxylation is 1. The Morgan fingerprint density at radius 3 is 2.35 bits per heavy atom. The van der Waals surface area contributed by atoms with E-state index in [4.69, 9.17) is 9.11 Å². The van der Waals surface area contributed by atoms with Crippen molar-refractivity contribution < 1.29 is 23.0 Å². The predicted molar refractivity (Wildman–Crippen MR) is 86.3 cm³/mol. The van der Waals surface area contributed by atoms with Gasteiger partial charge in [0.15, 0.2) is 0 Å². The molecule has 0 bridgehead atoms. The highest BCUT2D eigenvalue weighted by Crippen LogP contribution is 2.20. The number of nitro benzene ring substituents is 1. The second kappa shape index (κ2) is 6.24. The summed E-state index contributed by atoms with van der Waals surface area (Å²) in [5, 5.41) is 10.9. The third-order valence-electron chi connectivity index (χ3n) is 3.03. The van der Waals surface area contributed by atoms with Crippen LogP contribution in [0.15, 0.2) is 47.5 Å². The number of amides is 1. The van der Waals surface area contributed by atoms with Gasteiger partial charge in [-0.25, -0.2) is 9.20 Å². The Morgan fingerprint density at radius 2 is 1.83 bits per heavy atom. The Kier molecular flexibility index (Phi) is 4.55. The van der Waals surface area contributed by atoms with E-state index in [0.29, 0.717) is 5.56 Å². The van der Waals surface area contributed by atoms with Crippen LogP contribution in [-0.2, 0) is 10.1 Å². The maximum Gasteiger partial charge on any atom is 0.277 e. The van der Waals surface area contributed by atoms with Gasteiger partial charge in [0.25, 0.3) is 11.6 Å². The van der Waals surface area contributed by atoms with Crippen LogP contribution in [0.25, 0.3) is 0 Å². The van der Waals surface area contributed by atoms with E-state index in [9.17, 15) is 19.1 Å². The second-order valence-electron chi connectivity index (χ2n) is 4.67. The van der Waals surface area contributed by atoms with Crippen molar-refractivity contribution >= 4 is 32.3 Å². The Bertz CT molecular complexity index is 878. The Balaban J connectivity index is 2.31. The minimum atomic E-state index is -4.07. The quantitative estimate of drug-likeness (QED) is 0.482. The molecule has 0 unspecified atom stereocenters. The van der Waals surface area contributed by atoms with Gasteiger partial charge in [0.1, 0.15) is 0 Å².